The van der Waals surface area contributed by atoms with Gasteiger partial charge in [-0.25, -0.2) is 4.39 Å². The molecular weight excluding hydrogens is 477 g/mol. The van der Waals surface area contributed by atoms with Gasteiger partial charge in [-0.05, 0) is 49.2 Å². The first kappa shape index (κ1) is 24.7. The van der Waals surface area contributed by atoms with Gasteiger partial charge in [0.15, 0.2) is 5.78 Å². The zero-order chi connectivity index (χ0) is 25.1. The second kappa shape index (κ2) is 10.5. The van der Waals surface area contributed by atoms with Crippen molar-refractivity contribution in [3.05, 3.63) is 69.7 Å². The van der Waals surface area contributed by atoms with Crippen molar-refractivity contribution < 1.29 is 32.9 Å². The Balaban J connectivity index is 1.75. The van der Waals surface area contributed by atoms with E-state index in [9.17, 15) is 14.0 Å². The molecule has 0 radical (unpaired) electrons. The summed E-state index contributed by atoms with van der Waals surface area (Å²) in [6.45, 7) is 1.85. The molecule has 0 bridgehead atoms. The van der Waals surface area contributed by atoms with Crippen molar-refractivity contribution in [1.29, 1.82) is 5.41 Å². The minimum Gasteiger partial charge on any atom is -0.496 e. The second-order valence-electron chi connectivity index (χ2n) is 8.22. The number of nitrogens with one attached hydrogen (secondary N) is 1. The molecule has 0 amide bonds. The highest BCUT2D eigenvalue weighted by Crippen LogP contribution is 2.45. The first-order valence-corrected chi connectivity index (χ1v) is 11.7. The van der Waals surface area contributed by atoms with E-state index in [0.717, 1.165) is 6.07 Å². The number of halogens is 2. The fraction of sp³-hybridized carbons (Fsp3) is 0.346. The maximum atomic E-state index is 13.4. The molecule has 184 valence electrons. The number of benzene rings is 2. The van der Waals surface area contributed by atoms with Gasteiger partial charge in [0.25, 0.3) is 0 Å². The van der Waals surface area contributed by atoms with Crippen LogP contribution in [0.4, 0.5) is 4.39 Å². The van der Waals surface area contributed by atoms with Crippen LogP contribution < -0.4 is 9.47 Å². The summed E-state index contributed by atoms with van der Waals surface area (Å²) in [5, 5.41) is 8.55. The highest BCUT2D eigenvalue weighted by molar-refractivity contribution is 6.32. The highest BCUT2D eigenvalue weighted by Gasteiger charge is 2.46. The molecule has 0 saturated carbocycles. The number of carbonyl (C=O) groups is 2. The van der Waals surface area contributed by atoms with Gasteiger partial charge in [0, 0.05) is 29.9 Å². The van der Waals surface area contributed by atoms with E-state index >= 15 is 0 Å². The Labute approximate surface area is 207 Å². The van der Waals surface area contributed by atoms with Crippen LogP contribution in [0.5, 0.6) is 11.5 Å². The van der Waals surface area contributed by atoms with E-state index in [2.05, 4.69) is 0 Å². The van der Waals surface area contributed by atoms with Gasteiger partial charge >= 0.3 is 5.97 Å². The summed E-state index contributed by atoms with van der Waals surface area (Å²) in [5.74, 6) is -2.03. The molecule has 2 aliphatic rings. The molecule has 1 aliphatic carbocycles. The molecule has 9 heteroatoms. The smallest absolute Gasteiger partial charge is 0.319 e. The summed E-state index contributed by atoms with van der Waals surface area (Å²) in [7, 11) is 1.51. The quantitative estimate of drug-likeness (QED) is 0.514. The van der Waals surface area contributed by atoms with E-state index in [1.54, 1.807) is 25.1 Å². The predicted molar refractivity (Wildman–Crippen MR) is 126 cm³/mol. The SMILES string of the molecule is CCOC(=O)C1C(=N)OC2=C(C(=O)CCC2)C1c1ccc(OC)c(COc2ccc(F)cc2Cl)c1. The van der Waals surface area contributed by atoms with Gasteiger partial charge in [-0.3, -0.25) is 15.0 Å². The average molecular weight is 502 g/mol. The van der Waals surface area contributed by atoms with Crippen LogP contribution in [-0.2, 0) is 25.7 Å². The second-order valence-corrected chi connectivity index (χ2v) is 8.63. The average Bonchev–Trinajstić information content (AvgIpc) is 2.82. The molecule has 1 aliphatic heterocycles. The highest BCUT2D eigenvalue weighted by atomic mass is 35.5. The number of hydrogen-bond acceptors (Lipinski definition) is 7. The standard InChI is InChI=1S/C26H25ClFNO6/c1-3-33-26(31)24-22(23-18(30)5-4-6-21(23)35-25(24)29)14-7-9-19(32-2)15(11-14)13-34-20-10-8-16(28)12-17(20)27/h7-12,22,24,29H,3-6,13H2,1-2H3. The van der Waals surface area contributed by atoms with Crippen LogP contribution in [0.2, 0.25) is 5.02 Å². The van der Waals surface area contributed by atoms with Gasteiger partial charge in [-0.15, -0.1) is 0 Å². The van der Waals surface area contributed by atoms with Crippen LogP contribution >= 0.6 is 11.6 Å². The van der Waals surface area contributed by atoms with Gasteiger partial charge in [0.1, 0.15) is 35.6 Å². The van der Waals surface area contributed by atoms with Crippen molar-refractivity contribution in [2.45, 2.75) is 38.7 Å². The maximum absolute atomic E-state index is 13.4. The van der Waals surface area contributed by atoms with Gasteiger partial charge in [0.2, 0.25) is 5.90 Å². The van der Waals surface area contributed by atoms with Gasteiger partial charge < -0.3 is 18.9 Å². The molecule has 0 spiro atoms. The summed E-state index contributed by atoms with van der Waals surface area (Å²) >= 11 is 6.09. The van der Waals surface area contributed by atoms with E-state index in [1.165, 1.54) is 19.2 Å². The summed E-state index contributed by atoms with van der Waals surface area (Å²) in [5.41, 5.74) is 1.66. The Morgan fingerprint density at radius 3 is 2.69 bits per heavy atom. The number of methoxy groups -OCH3 is 1. The van der Waals surface area contributed by atoms with Crippen molar-refractivity contribution in [3.8, 4) is 11.5 Å². The molecule has 2 aromatic rings. The summed E-state index contributed by atoms with van der Waals surface area (Å²) in [4.78, 5) is 25.9. The summed E-state index contributed by atoms with van der Waals surface area (Å²) in [6.07, 6.45) is 1.49. The molecule has 2 atom stereocenters. The predicted octanol–water partition coefficient (Wildman–Crippen LogP) is 5.34. The maximum Gasteiger partial charge on any atom is 0.319 e. The van der Waals surface area contributed by atoms with Crippen molar-refractivity contribution in [2.75, 3.05) is 13.7 Å². The van der Waals surface area contributed by atoms with Crippen LogP contribution in [0, 0.1) is 17.1 Å². The van der Waals surface area contributed by atoms with Crippen LogP contribution in [-0.4, -0.2) is 31.4 Å². The Bertz CT molecular complexity index is 1210. The van der Waals surface area contributed by atoms with E-state index < -0.39 is 23.6 Å². The summed E-state index contributed by atoms with van der Waals surface area (Å²) < 4.78 is 35.5. The zero-order valence-electron chi connectivity index (χ0n) is 19.4. The van der Waals surface area contributed by atoms with E-state index in [4.69, 9.17) is 36.0 Å². The fourth-order valence-corrected chi connectivity index (χ4v) is 4.71. The molecule has 1 N–H and O–H groups in total. The third-order valence-electron chi connectivity index (χ3n) is 6.05. The molecule has 1 heterocycles. The van der Waals surface area contributed by atoms with Gasteiger partial charge in [-0.2, -0.15) is 0 Å². The van der Waals surface area contributed by atoms with Crippen LogP contribution in [0.15, 0.2) is 47.7 Å². The number of ether oxygens (including phenoxy) is 4. The first-order valence-electron chi connectivity index (χ1n) is 11.3. The number of rotatable bonds is 7. The molecule has 2 unspecified atom stereocenters. The lowest BCUT2D eigenvalue weighted by Gasteiger charge is -2.36. The van der Waals surface area contributed by atoms with Gasteiger partial charge in [-0.1, -0.05) is 17.7 Å². The fourth-order valence-electron chi connectivity index (χ4n) is 4.49. The van der Waals surface area contributed by atoms with Crippen molar-refractivity contribution in [3.63, 3.8) is 0 Å². The van der Waals surface area contributed by atoms with Crippen molar-refractivity contribution >= 4 is 29.3 Å². The molecule has 0 aromatic heterocycles. The first-order chi connectivity index (χ1) is 16.8. The Morgan fingerprint density at radius 1 is 1.20 bits per heavy atom. The lowest BCUT2D eigenvalue weighted by molar-refractivity contribution is -0.146. The molecular formula is C26H25ClFNO6. The number of carbonyl (C=O) groups excluding carboxylic acids is 2. The minimum absolute atomic E-state index is 0.0347. The Hall–Kier alpha value is -3.39. The van der Waals surface area contributed by atoms with E-state index in [1.807, 2.05) is 0 Å². The summed E-state index contributed by atoms with van der Waals surface area (Å²) in [6, 6.07) is 9.09. The zero-order valence-corrected chi connectivity index (χ0v) is 20.1. The van der Waals surface area contributed by atoms with Gasteiger partial charge in [0.05, 0.1) is 18.7 Å². The molecule has 35 heavy (non-hydrogen) atoms. The topological polar surface area (TPSA) is 94.9 Å². The molecule has 7 nitrogen and oxygen atoms in total. The number of esters is 1. The third-order valence-corrected chi connectivity index (χ3v) is 6.35. The normalized spacial score (nSPS) is 19.7. The van der Waals surface area contributed by atoms with Crippen molar-refractivity contribution in [2.24, 2.45) is 5.92 Å². The van der Waals surface area contributed by atoms with E-state index in [-0.39, 0.29) is 29.9 Å². The molecule has 4 rings (SSSR count). The minimum atomic E-state index is -1.09. The largest absolute Gasteiger partial charge is 0.496 e. The van der Waals surface area contributed by atoms with Crippen LogP contribution in [0.1, 0.15) is 43.2 Å². The molecule has 0 saturated heterocycles. The van der Waals surface area contributed by atoms with Crippen LogP contribution in [0.3, 0.4) is 0 Å². The Kier molecular flexibility index (Phi) is 7.40. The lowest BCUT2D eigenvalue weighted by atomic mass is 9.73. The monoisotopic (exact) mass is 501 g/mol. The molecule has 0 fully saturated rings. The third kappa shape index (κ3) is 5.03. The number of allylic oxidation sites excluding steroid dienone is 2. The lowest BCUT2D eigenvalue weighted by Crippen LogP contribution is -2.40. The Morgan fingerprint density at radius 2 is 1.97 bits per heavy atom. The number of Topliss-reactive ketones (excluding diaryl/α,β-unsaturated/α-hetero) is 1. The van der Waals surface area contributed by atoms with Crippen molar-refractivity contribution in [1.82, 2.24) is 0 Å². The molecule has 2 aromatic carbocycles. The van der Waals surface area contributed by atoms with Crippen LogP contribution in [0.25, 0.3) is 0 Å². The van der Waals surface area contributed by atoms with E-state index in [0.29, 0.717) is 53.2 Å². The number of hydrogen-bond donors (Lipinski definition) is 1. The number of ketones is 1.